The fourth-order valence-electron chi connectivity index (χ4n) is 2.87. The Morgan fingerprint density at radius 1 is 1.00 bits per heavy atom. The second-order valence-electron chi connectivity index (χ2n) is 6.44. The lowest BCUT2D eigenvalue weighted by molar-refractivity contribution is -0.116. The van der Waals surface area contributed by atoms with Gasteiger partial charge in [0, 0.05) is 35.7 Å². The number of nitrogens with one attached hydrogen (secondary N) is 2. The number of benzene rings is 2. The normalized spacial score (nSPS) is 15.1. The van der Waals surface area contributed by atoms with Crippen molar-refractivity contribution in [3.63, 3.8) is 0 Å². The highest BCUT2D eigenvalue weighted by Gasteiger charge is 2.14. The van der Waals surface area contributed by atoms with Gasteiger partial charge < -0.3 is 26.0 Å². The summed E-state index contributed by atoms with van der Waals surface area (Å²) in [5, 5.41) is 6.01. The van der Waals surface area contributed by atoms with E-state index in [1.807, 2.05) is 24.3 Å². The summed E-state index contributed by atoms with van der Waals surface area (Å²) in [4.78, 5) is 25.8. The van der Waals surface area contributed by atoms with E-state index in [2.05, 4.69) is 15.5 Å². The molecule has 1 saturated heterocycles. The molecule has 1 aliphatic rings. The number of nitrogens with two attached hydrogens (primary N) is 1. The summed E-state index contributed by atoms with van der Waals surface area (Å²) < 4.78 is 5.36. The van der Waals surface area contributed by atoms with Gasteiger partial charge in [0.2, 0.25) is 11.8 Å². The van der Waals surface area contributed by atoms with Gasteiger partial charge in [0.05, 0.1) is 13.2 Å². The summed E-state index contributed by atoms with van der Waals surface area (Å²) in [5.74, 6) is -0.624. The number of primary amides is 1. The zero-order valence-corrected chi connectivity index (χ0v) is 15.3. The van der Waals surface area contributed by atoms with Crippen molar-refractivity contribution in [3.05, 3.63) is 54.1 Å². The number of amides is 2. The molecule has 7 nitrogen and oxygen atoms in total. The van der Waals surface area contributed by atoms with Crippen molar-refractivity contribution in [2.24, 2.45) is 5.73 Å². The van der Waals surface area contributed by atoms with Crippen molar-refractivity contribution in [2.75, 3.05) is 41.8 Å². The Bertz CT molecular complexity index is 784. The van der Waals surface area contributed by atoms with Crippen LogP contribution in [0.25, 0.3) is 0 Å². The van der Waals surface area contributed by atoms with Gasteiger partial charge in [-0.2, -0.15) is 0 Å². The molecule has 0 spiro atoms. The van der Waals surface area contributed by atoms with Crippen LogP contribution in [0.3, 0.4) is 0 Å². The molecule has 0 aromatic heterocycles. The van der Waals surface area contributed by atoms with Crippen LogP contribution in [0.1, 0.15) is 17.3 Å². The molecule has 0 aliphatic carbocycles. The summed E-state index contributed by atoms with van der Waals surface area (Å²) in [7, 11) is 0. The molecule has 1 aliphatic heterocycles. The Kier molecular flexibility index (Phi) is 5.93. The molecular weight excluding hydrogens is 344 g/mol. The second-order valence-corrected chi connectivity index (χ2v) is 6.44. The number of hydrogen-bond donors (Lipinski definition) is 3. The minimum absolute atomic E-state index is 0.145. The van der Waals surface area contributed by atoms with Gasteiger partial charge in [-0.1, -0.05) is 0 Å². The molecule has 4 N–H and O–H groups in total. The summed E-state index contributed by atoms with van der Waals surface area (Å²) >= 11 is 0. The van der Waals surface area contributed by atoms with Crippen LogP contribution >= 0.6 is 0 Å². The van der Waals surface area contributed by atoms with Crippen LogP contribution in [0.5, 0.6) is 0 Å². The molecule has 0 radical (unpaired) electrons. The minimum atomic E-state index is -0.479. The number of carbonyl (C=O) groups is 2. The highest BCUT2D eigenvalue weighted by atomic mass is 16.5. The lowest BCUT2D eigenvalue weighted by Crippen LogP contribution is -2.36. The van der Waals surface area contributed by atoms with E-state index >= 15 is 0 Å². The van der Waals surface area contributed by atoms with E-state index in [4.69, 9.17) is 10.5 Å². The van der Waals surface area contributed by atoms with E-state index < -0.39 is 11.9 Å². The average Bonchev–Trinajstić information content (AvgIpc) is 2.69. The van der Waals surface area contributed by atoms with Crippen molar-refractivity contribution < 1.29 is 14.3 Å². The van der Waals surface area contributed by atoms with Gasteiger partial charge >= 0.3 is 0 Å². The van der Waals surface area contributed by atoms with Crippen LogP contribution < -0.4 is 21.3 Å². The number of morpholine rings is 1. The quantitative estimate of drug-likeness (QED) is 0.725. The summed E-state index contributed by atoms with van der Waals surface area (Å²) in [6, 6.07) is 14.1. The Hall–Kier alpha value is -3.06. The Morgan fingerprint density at radius 3 is 2.19 bits per heavy atom. The smallest absolute Gasteiger partial charge is 0.248 e. The lowest BCUT2D eigenvalue weighted by Gasteiger charge is -2.29. The first-order valence-corrected chi connectivity index (χ1v) is 8.93. The minimum Gasteiger partial charge on any atom is -0.378 e. The van der Waals surface area contributed by atoms with E-state index in [1.54, 1.807) is 31.2 Å². The zero-order chi connectivity index (χ0) is 19.2. The van der Waals surface area contributed by atoms with Crippen LogP contribution in [0.15, 0.2) is 48.5 Å². The maximum absolute atomic E-state index is 12.4. The molecule has 2 aromatic rings. The van der Waals surface area contributed by atoms with Crippen LogP contribution in [0.2, 0.25) is 0 Å². The van der Waals surface area contributed by atoms with E-state index in [9.17, 15) is 9.59 Å². The summed E-state index contributed by atoms with van der Waals surface area (Å²) in [5.41, 5.74) is 8.26. The number of rotatable bonds is 6. The van der Waals surface area contributed by atoms with E-state index in [1.165, 1.54) is 0 Å². The highest BCUT2D eigenvalue weighted by molar-refractivity contribution is 5.96. The first-order valence-electron chi connectivity index (χ1n) is 8.93. The van der Waals surface area contributed by atoms with Crippen molar-refractivity contribution >= 4 is 28.9 Å². The molecule has 1 unspecified atom stereocenters. The van der Waals surface area contributed by atoms with Gasteiger partial charge in [-0.25, -0.2) is 0 Å². The summed E-state index contributed by atoms with van der Waals surface area (Å²) in [6.07, 6.45) is 0. The van der Waals surface area contributed by atoms with Crippen molar-refractivity contribution in [2.45, 2.75) is 13.0 Å². The van der Waals surface area contributed by atoms with Gasteiger partial charge in [0.25, 0.3) is 0 Å². The molecule has 1 fully saturated rings. The van der Waals surface area contributed by atoms with Crippen molar-refractivity contribution in [1.82, 2.24) is 0 Å². The third kappa shape index (κ3) is 4.98. The molecule has 27 heavy (non-hydrogen) atoms. The first-order chi connectivity index (χ1) is 13.0. The number of nitrogens with zero attached hydrogens (tertiary/aromatic N) is 1. The van der Waals surface area contributed by atoms with Gasteiger partial charge in [-0.05, 0) is 55.5 Å². The van der Waals surface area contributed by atoms with Gasteiger partial charge in [0.15, 0.2) is 0 Å². The molecule has 2 amide bonds. The maximum Gasteiger partial charge on any atom is 0.248 e. The average molecular weight is 368 g/mol. The molecular formula is C20H24N4O3. The fraction of sp³-hybridized carbons (Fsp3) is 0.300. The molecule has 1 atom stereocenters. The molecule has 3 rings (SSSR count). The number of ether oxygens (including phenoxy) is 1. The van der Waals surface area contributed by atoms with Crippen LogP contribution in [0, 0.1) is 0 Å². The van der Waals surface area contributed by atoms with Gasteiger partial charge in [-0.15, -0.1) is 0 Å². The number of hydrogen-bond acceptors (Lipinski definition) is 5. The molecule has 2 aromatic carbocycles. The third-order valence-electron chi connectivity index (χ3n) is 4.46. The predicted molar refractivity (Wildman–Crippen MR) is 106 cm³/mol. The number of anilines is 3. The highest BCUT2D eigenvalue weighted by Crippen LogP contribution is 2.19. The standard InChI is InChI=1S/C20H24N4O3/c1-14(22-16-4-2-15(3-5-16)19(21)25)20(26)23-17-6-8-18(9-7-17)24-10-12-27-13-11-24/h2-9,14,22H,10-13H2,1H3,(H2,21,25)(H,23,26). The van der Waals surface area contributed by atoms with E-state index in [0.29, 0.717) is 5.56 Å². The number of carbonyl (C=O) groups excluding carboxylic acids is 2. The molecule has 7 heteroatoms. The second kappa shape index (κ2) is 8.55. The molecule has 0 saturated carbocycles. The Labute approximate surface area is 158 Å². The lowest BCUT2D eigenvalue weighted by atomic mass is 10.2. The van der Waals surface area contributed by atoms with Crippen molar-refractivity contribution in [1.29, 1.82) is 0 Å². The van der Waals surface area contributed by atoms with Crippen molar-refractivity contribution in [3.8, 4) is 0 Å². The topological polar surface area (TPSA) is 96.7 Å². The molecule has 0 bridgehead atoms. The summed E-state index contributed by atoms with van der Waals surface area (Å²) in [6.45, 7) is 5.01. The zero-order valence-electron chi connectivity index (χ0n) is 15.3. The van der Waals surface area contributed by atoms with Gasteiger partial charge in [-0.3, -0.25) is 9.59 Å². The van der Waals surface area contributed by atoms with Gasteiger partial charge in [0.1, 0.15) is 6.04 Å². The molecule has 1 heterocycles. The Balaban J connectivity index is 1.55. The van der Waals surface area contributed by atoms with Crippen LogP contribution in [0.4, 0.5) is 17.1 Å². The largest absolute Gasteiger partial charge is 0.378 e. The maximum atomic E-state index is 12.4. The van der Waals surface area contributed by atoms with Crippen LogP contribution in [-0.4, -0.2) is 44.2 Å². The predicted octanol–water partition coefficient (Wildman–Crippen LogP) is 2.06. The molecule has 142 valence electrons. The first kappa shape index (κ1) is 18.7. The van der Waals surface area contributed by atoms with Crippen LogP contribution in [-0.2, 0) is 9.53 Å². The SMILES string of the molecule is CC(Nc1ccc(C(N)=O)cc1)C(=O)Nc1ccc(N2CCOCC2)cc1. The Morgan fingerprint density at radius 2 is 1.59 bits per heavy atom. The van der Waals surface area contributed by atoms with E-state index in [0.717, 1.165) is 43.4 Å². The van der Waals surface area contributed by atoms with E-state index in [-0.39, 0.29) is 5.91 Å². The monoisotopic (exact) mass is 368 g/mol. The third-order valence-corrected chi connectivity index (χ3v) is 4.46. The fourth-order valence-corrected chi connectivity index (χ4v) is 2.87.